The summed E-state index contributed by atoms with van der Waals surface area (Å²) in [6.45, 7) is 4.49. The van der Waals surface area contributed by atoms with Gasteiger partial charge in [-0.3, -0.25) is 9.69 Å². The number of carbonyl (C=O) groups is 1. The van der Waals surface area contributed by atoms with Gasteiger partial charge >= 0.3 is 0 Å². The van der Waals surface area contributed by atoms with Crippen molar-refractivity contribution in [1.82, 2.24) is 24.9 Å². The quantitative estimate of drug-likeness (QED) is 0.344. The van der Waals surface area contributed by atoms with Crippen molar-refractivity contribution in [3.05, 3.63) is 69.8 Å². The van der Waals surface area contributed by atoms with Gasteiger partial charge in [-0.2, -0.15) is 4.98 Å². The number of hydrogen-bond donors (Lipinski definition) is 0. The lowest BCUT2D eigenvalue weighted by atomic mass is 10.1. The van der Waals surface area contributed by atoms with E-state index < -0.39 is 0 Å². The predicted octanol–water partition coefficient (Wildman–Crippen LogP) is 4.22. The molecule has 176 valence electrons. The van der Waals surface area contributed by atoms with Crippen molar-refractivity contribution in [3.63, 3.8) is 0 Å². The molecule has 0 atom stereocenters. The number of hydrogen-bond acceptors (Lipinski definition) is 9. The molecule has 4 heterocycles. The number of rotatable bonds is 9. The van der Waals surface area contributed by atoms with E-state index >= 15 is 0 Å². The lowest BCUT2D eigenvalue weighted by Crippen LogP contribution is -2.48. The van der Waals surface area contributed by atoms with Crippen LogP contribution in [0.3, 0.4) is 0 Å². The molecule has 0 unspecified atom stereocenters. The topological polar surface area (TPSA) is 84.6 Å². The molecule has 0 spiro atoms. The highest BCUT2D eigenvalue weighted by Crippen LogP contribution is 2.22. The maximum Gasteiger partial charge on any atom is 0.254 e. The highest BCUT2D eigenvalue weighted by atomic mass is 32.1. The van der Waals surface area contributed by atoms with Crippen molar-refractivity contribution in [2.24, 2.45) is 0 Å². The van der Waals surface area contributed by atoms with E-state index in [1.54, 1.807) is 16.8 Å². The van der Waals surface area contributed by atoms with Crippen LogP contribution in [0.25, 0.3) is 10.7 Å². The van der Waals surface area contributed by atoms with Crippen molar-refractivity contribution in [2.75, 3.05) is 32.7 Å². The van der Waals surface area contributed by atoms with E-state index in [2.05, 4.69) is 20.0 Å². The lowest BCUT2D eigenvalue weighted by molar-refractivity contribution is 0.0635. The summed E-state index contributed by atoms with van der Waals surface area (Å²) in [6, 6.07) is 11.4. The molecule has 0 radical (unpaired) electrons. The average molecular weight is 496 g/mol. The minimum absolute atomic E-state index is 0.0470. The van der Waals surface area contributed by atoms with E-state index in [1.807, 2.05) is 52.1 Å². The number of benzene rings is 1. The zero-order valence-electron chi connectivity index (χ0n) is 18.6. The Labute approximate surface area is 205 Å². The number of amides is 1. The van der Waals surface area contributed by atoms with Crippen molar-refractivity contribution in [2.45, 2.75) is 19.4 Å². The van der Waals surface area contributed by atoms with E-state index in [0.717, 1.165) is 43.0 Å². The van der Waals surface area contributed by atoms with Crippen LogP contribution in [-0.4, -0.2) is 63.6 Å². The Kier molecular flexibility index (Phi) is 7.28. The number of aromatic nitrogens is 3. The fourth-order valence-corrected chi connectivity index (χ4v) is 5.05. The third kappa shape index (κ3) is 5.69. The summed E-state index contributed by atoms with van der Waals surface area (Å²) in [6.07, 6.45) is 1.70. The Morgan fingerprint density at radius 1 is 1.15 bits per heavy atom. The van der Waals surface area contributed by atoms with Gasteiger partial charge in [-0.1, -0.05) is 17.3 Å². The van der Waals surface area contributed by atoms with Gasteiger partial charge in [-0.05, 0) is 42.6 Å². The molecule has 5 rings (SSSR count). The molecular formula is C24H25N5O3S2. The number of thiophene rings is 1. The highest BCUT2D eigenvalue weighted by molar-refractivity contribution is 7.13. The summed E-state index contributed by atoms with van der Waals surface area (Å²) >= 11 is 3.14. The van der Waals surface area contributed by atoms with Crippen molar-refractivity contribution in [3.8, 4) is 16.5 Å². The highest BCUT2D eigenvalue weighted by Gasteiger charge is 2.22. The number of aryl methyl sites for hydroxylation is 1. The standard InChI is InChI=1S/C24H25N5O3S2/c30-24(18-4-1-5-20(14-18)31-15-19-16-33-17-25-19)29-11-9-28(10-12-29)8-2-7-22-26-23(27-32-22)21-6-3-13-34-21/h1,3-6,13-14,16-17H,2,7-12,15H2. The van der Waals surface area contributed by atoms with Crippen LogP contribution in [-0.2, 0) is 13.0 Å². The first-order valence-corrected chi connectivity index (χ1v) is 13.0. The van der Waals surface area contributed by atoms with Crippen LogP contribution in [0.2, 0.25) is 0 Å². The second-order valence-corrected chi connectivity index (χ2v) is 9.69. The summed E-state index contributed by atoms with van der Waals surface area (Å²) in [5, 5.41) is 8.03. The van der Waals surface area contributed by atoms with E-state index in [1.165, 1.54) is 11.3 Å². The summed E-state index contributed by atoms with van der Waals surface area (Å²) in [5.74, 6) is 2.07. The molecule has 1 amide bonds. The van der Waals surface area contributed by atoms with Gasteiger partial charge in [0.05, 0.1) is 16.1 Å². The number of nitrogens with zero attached hydrogens (tertiary/aromatic N) is 5. The van der Waals surface area contributed by atoms with Gasteiger partial charge in [-0.15, -0.1) is 22.7 Å². The van der Waals surface area contributed by atoms with Gasteiger partial charge in [0.2, 0.25) is 11.7 Å². The Hall–Kier alpha value is -3.08. The maximum atomic E-state index is 13.0. The first kappa shape index (κ1) is 22.7. The first-order chi connectivity index (χ1) is 16.7. The summed E-state index contributed by atoms with van der Waals surface area (Å²) in [7, 11) is 0. The SMILES string of the molecule is O=C(c1cccc(OCc2cscn2)c1)N1CCN(CCCc2nc(-c3cccs3)no2)CC1. The second kappa shape index (κ2) is 10.9. The fourth-order valence-electron chi connectivity index (χ4n) is 3.86. The predicted molar refractivity (Wildman–Crippen MR) is 131 cm³/mol. The van der Waals surface area contributed by atoms with Crippen LogP contribution < -0.4 is 4.74 Å². The minimum atomic E-state index is 0.0470. The van der Waals surface area contributed by atoms with E-state index in [9.17, 15) is 4.79 Å². The Morgan fingerprint density at radius 3 is 2.85 bits per heavy atom. The lowest BCUT2D eigenvalue weighted by Gasteiger charge is -2.34. The molecule has 1 fully saturated rings. The van der Waals surface area contributed by atoms with Crippen molar-refractivity contribution < 1.29 is 14.1 Å². The van der Waals surface area contributed by atoms with Crippen LogP contribution in [0.5, 0.6) is 5.75 Å². The molecule has 0 aliphatic carbocycles. The smallest absolute Gasteiger partial charge is 0.254 e. The fraction of sp³-hybridized carbons (Fsp3) is 0.333. The summed E-state index contributed by atoms with van der Waals surface area (Å²) in [4.78, 5) is 27.0. The number of ether oxygens (including phenoxy) is 1. The van der Waals surface area contributed by atoms with Crippen LogP contribution in [0.4, 0.5) is 0 Å². The van der Waals surface area contributed by atoms with E-state index in [0.29, 0.717) is 42.7 Å². The van der Waals surface area contributed by atoms with E-state index in [-0.39, 0.29) is 5.91 Å². The molecule has 3 aromatic heterocycles. The normalized spacial score (nSPS) is 14.4. The monoisotopic (exact) mass is 495 g/mol. The molecule has 34 heavy (non-hydrogen) atoms. The van der Waals surface area contributed by atoms with Gasteiger partial charge in [-0.25, -0.2) is 4.98 Å². The minimum Gasteiger partial charge on any atom is -0.487 e. The van der Waals surface area contributed by atoms with Gasteiger partial charge < -0.3 is 14.2 Å². The molecular weight excluding hydrogens is 470 g/mol. The molecule has 0 N–H and O–H groups in total. The van der Waals surface area contributed by atoms with Gasteiger partial charge in [0, 0.05) is 43.5 Å². The Morgan fingerprint density at radius 2 is 2.06 bits per heavy atom. The summed E-state index contributed by atoms with van der Waals surface area (Å²) < 4.78 is 11.2. The molecule has 1 aromatic carbocycles. The van der Waals surface area contributed by atoms with Crippen molar-refractivity contribution >= 4 is 28.6 Å². The molecule has 8 nitrogen and oxygen atoms in total. The third-order valence-corrected chi connectivity index (χ3v) is 7.19. The Bertz CT molecular complexity index is 1190. The number of piperazine rings is 1. The molecule has 10 heteroatoms. The third-order valence-electron chi connectivity index (χ3n) is 5.69. The molecule has 0 bridgehead atoms. The van der Waals surface area contributed by atoms with Gasteiger partial charge in [0.15, 0.2) is 0 Å². The first-order valence-electron chi connectivity index (χ1n) is 11.2. The molecule has 1 saturated heterocycles. The molecule has 4 aromatic rings. The Balaban J connectivity index is 1.06. The largest absolute Gasteiger partial charge is 0.487 e. The molecule has 1 aliphatic heterocycles. The zero-order valence-corrected chi connectivity index (χ0v) is 20.3. The van der Waals surface area contributed by atoms with Crippen molar-refractivity contribution in [1.29, 1.82) is 0 Å². The van der Waals surface area contributed by atoms with Crippen LogP contribution in [0.1, 0.15) is 28.4 Å². The molecule has 0 saturated carbocycles. The van der Waals surface area contributed by atoms with Gasteiger partial charge in [0.25, 0.3) is 5.91 Å². The summed E-state index contributed by atoms with van der Waals surface area (Å²) in [5.41, 5.74) is 3.33. The number of carbonyl (C=O) groups excluding carboxylic acids is 1. The van der Waals surface area contributed by atoms with Crippen LogP contribution in [0.15, 0.2) is 57.2 Å². The van der Waals surface area contributed by atoms with E-state index in [4.69, 9.17) is 9.26 Å². The van der Waals surface area contributed by atoms with Gasteiger partial charge in [0.1, 0.15) is 12.4 Å². The number of thiazole rings is 1. The average Bonchev–Trinajstić information content (AvgIpc) is 3.66. The van der Waals surface area contributed by atoms with Crippen LogP contribution >= 0.6 is 22.7 Å². The zero-order chi connectivity index (χ0) is 23.2. The second-order valence-electron chi connectivity index (χ2n) is 8.02. The van der Waals surface area contributed by atoms with Crippen LogP contribution in [0, 0.1) is 0 Å². The maximum absolute atomic E-state index is 13.0. The molecule has 1 aliphatic rings.